The van der Waals surface area contributed by atoms with Crippen molar-refractivity contribution in [2.24, 2.45) is 10.8 Å². The van der Waals surface area contributed by atoms with Crippen LogP contribution >= 0.6 is 11.6 Å². The maximum Gasteiger partial charge on any atom is 0.310 e. The van der Waals surface area contributed by atoms with Crippen LogP contribution in [0.3, 0.4) is 0 Å². The second-order valence-electron chi connectivity index (χ2n) is 8.02. The molecule has 0 bridgehead atoms. The Kier molecular flexibility index (Phi) is 10.1. The zero-order chi connectivity index (χ0) is 19.0. The van der Waals surface area contributed by atoms with E-state index in [0.717, 1.165) is 19.6 Å². The van der Waals surface area contributed by atoms with Gasteiger partial charge in [0.05, 0.1) is 43.8 Å². The van der Waals surface area contributed by atoms with Crippen LogP contribution in [0.15, 0.2) is 0 Å². The van der Waals surface area contributed by atoms with Crippen LogP contribution in [0.1, 0.15) is 54.4 Å². The van der Waals surface area contributed by atoms with Crippen molar-refractivity contribution in [1.82, 2.24) is 0 Å². The highest BCUT2D eigenvalue weighted by atomic mass is 35.5. The molecular weight excluding hydrogens is 332 g/mol. The number of esters is 1. The molecule has 0 aromatic carbocycles. The molecule has 2 aliphatic heterocycles. The molecule has 2 aliphatic rings. The summed E-state index contributed by atoms with van der Waals surface area (Å²) in [6.45, 7) is 13.1. The van der Waals surface area contributed by atoms with Crippen molar-refractivity contribution in [1.29, 1.82) is 0 Å². The van der Waals surface area contributed by atoms with E-state index in [1.165, 1.54) is 7.11 Å². The van der Waals surface area contributed by atoms with Gasteiger partial charge in [-0.1, -0.05) is 20.8 Å². The average molecular weight is 365 g/mol. The van der Waals surface area contributed by atoms with E-state index in [0.29, 0.717) is 30.3 Å². The Hall–Kier alpha value is -0.650. The molecule has 0 spiro atoms. The molecule has 2 fully saturated rings. The zero-order valence-corrected chi connectivity index (χ0v) is 16.9. The molecule has 2 heterocycles. The fourth-order valence-corrected chi connectivity index (χ4v) is 1.54. The maximum atomic E-state index is 11.3. The minimum Gasteiger partial charge on any atom is -0.469 e. The van der Waals surface area contributed by atoms with E-state index >= 15 is 0 Å². The summed E-state index contributed by atoms with van der Waals surface area (Å²) in [6, 6.07) is 0. The van der Waals surface area contributed by atoms with Crippen LogP contribution in [0.2, 0.25) is 0 Å². The molecule has 24 heavy (non-hydrogen) atoms. The van der Waals surface area contributed by atoms with Gasteiger partial charge < -0.3 is 14.2 Å². The summed E-state index contributed by atoms with van der Waals surface area (Å²) in [5.41, 5.74) is -0.524. The first-order valence-corrected chi connectivity index (χ1v) is 8.86. The number of ketones is 1. The van der Waals surface area contributed by atoms with Gasteiger partial charge in [0.25, 0.3) is 0 Å². The van der Waals surface area contributed by atoms with Gasteiger partial charge in [-0.25, -0.2) is 0 Å². The first-order chi connectivity index (χ1) is 10.9. The fraction of sp³-hybridized carbons (Fsp3) is 0.889. The first kappa shape index (κ1) is 23.4. The van der Waals surface area contributed by atoms with Gasteiger partial charge in [0.2, 0.25) is 0 Å². The third-order valence-corrected chi connectivity index (χ3v) is 3.65. The molecule has 6 heteroatoms. The lowest BCUT2D eigenvalue weighted by Crippen LogP contribution is -2.21. The molecule has 5 nitrogen and oxygen atoms in total. The Bertz CT molecular complexity index is 387. The van der Waals surface area contributed by atoms with Crippen LogP contribution in [0.4, 0.5) is 0 Å². The largest absolute Gasteiger partial charge is 0.469 e. The SMILES string of the molecule is CC(C)(C)C(=O)CCC1CO1.COC(=O)C(C)(C)C.ClCC1CO1. The number of Topliss-reactive ketones (excluding diaryl/α,β-unsaturated/α-hetero) is 1. The maximum absolute atomic E-state index is 11.3. The number of methoxy groups -OCH3 is 1. The Morgan fingerprint density at radius 2 is 1.46 bits per heavy atom. The van der Waals surface area contributed by atoms with Crippen molar-refractivity contribution in [2.75, 3.05) is 26.2 Å². The lowest BCUT2D eigenvalue weighted by Gasteiger charge is -2.15. The molecule has 0 aromatic rings. The lowest BCUT2D eigenvalue weighted by molar-refractivity contribution is -0.149. The van der Waals surface area contributed by atoms with Crippen LogP contribution < -0.4 is 0 Å². The van der Waals surface area contributed by atoms with Crippen molar-refractivity contribution < 1.29 is 23.8 Å². The van der Waals surface area contributed by atoms with Crippen LogP contribution in [0, 0.1) is 10.8 Å². The van der Waals surface area contributed by atoms with E-state index < -0.39 is 0 Å². The highest BCUT2D eigenvalue weighted by Gasteiger charge is 2.27. The normalized spacial score (nSPS) is 21.5. The molecule has 0 amide bonds. The standard InChI is InChI=1S/C9H16O2.C6H12O2.C3H5ClO/c1-9(2,3)8(10)5-4-7-6-11-7;1-6(2,3)5(7)8-4;4-1-3-2-5-3/h7H,4-6H2,1-3H3;1-4H3;3H,1-2H2. The highest BCUT2D eigenvalue weighted by molar-refractivity contribution is 6.18. The summed E-state index contributed by atoms with van der Waals surface area (Å²) in [4.78, 5) is 22.0. The molecule has 2 atom stereocenters. The van der Waals surface area contributed by atoms with Crippen molar-refractivity contribution in [2.45, 2.75) is 66.6 Å². The Balaban J connectivity index is 0.000000356. The van der Waals surface area contributed by atoms with Crippen LogP contribution in [0.5, 0.6) is 0 Å². The predicted octanol–water partition coefficient (Wildman–Crippen LogP) is 3.61. The molecular formula is C18H33ClO5. The molecule has 2 rings (SSSR count). The smallest absolute Gasteiger partial charge is 0.310 e. The zero-order valence-electron chi connectivity index (χ0n) is 16.1. The van der Waals surface area contributed by atoms with Gasteiger partial charge >= 0.3 is 5.97 Å². The van der Waals surface area contributed by atoms with Gasteiger partial charge in [0.15, 0.2) is 0 Å². The minimum absolute atomic E-state index is 0.169. The predicted molar refractivity (Wildman–Crippen MR) is 95.4 cm³/mol. The summed E-state index contributed by atoms with van der Waals surface area (Å²) < 4.78 is 14.2. The van der Waals surface area contributed by atoms with Gasteiger partial charge in [0, 0.05) is 11.8 Å². The number of carbonyl (C=O) groups excluding carboxylic acids is 2. The quantitative estimate of drug-likeness (QED) is 0.433. The third-order valence-electron chi connectivity index (χ3n) is 3.30. The van der Waals surface area contributed by atoms with Crippen molar-refractivity contribution in [3.05, 3.63) is 0 Å². The monoisotopic (exact) mass is 364 g/mol. The molecule has 142 valence electrons. The number of hydrogen-bond donors (Lipinski definition) is 0. The van der Waals surface area contributed by atoms with Gasteiger partial charge in [-0.05, 0) is 27.2 Å². The first-order valence-electron chi connectivity index (χ1n) is 8.32. The number of epoxide rings is 2. The van der Waals surface area contributed by atoms with Crippen LogP contribution in [-0.2, 0) is 23.8 Å². The number of halogens is 1. The van der Waals surface area contributed by atoms with E-state index in [4.69, 9.17) is 21.1 Å². The summed E-state index contributed by atoms with van der Waals surface area (Å²) in [7, 11) is 1.40. The molecule has 0 saturated carbocycles. The van der Waals surface area contributed by atoms with E-state index in [2.05, 4.69) is 4.74 Å². The number of hydrogen-bond acceptors (Lipinski definition) is 5. The molecule has 0 aromatic heterocycles. The second kappa shape index (κ2) is 10.4. The van der Waals surface area contributed by atoms with Crippen molar-refractivity contribution in [3.8, 4) is 0 Å². The Morgan fingerprint density at radius 1 is 1.00 bits per heavy atom. The molecule has 2 unspecified atom stereocenters. The Morgan fingerprint density at radius 3 is 1.62 bits per heavy atom. The van der Waals surface area contributed by atoms with E-state index in [1.807, 2.05) is 41.5 Å². The number of alkyl halides is 1. The van der Waals surface area contributed by atoms with Gasteiger partial charge in [-0.3, -0.25) is 9.59 Å². The molecule has 0 radical (unpaired) electrons. The van der Waals surface area contributed by atoms with Crippen LogP contribution in [-0.4, -0.2) is 50.2 Å². The number of rotatable bonds is 4. The van der Waals surface area contributed by atoms with Gasteiger partial charge in [-0.2, -0.15) is 0 Å². The van der Waals surface area contributed by atoms with Crippen molar-refractivity contribution in [3.63, 3.8) is 0 Å². The summed E-state index contributed by atoms with van der Waals surface area (Å²) in [6.07, 6.45) is 2.38. The summed E-state index contributed by atoms with van der Waals surface area (Å²) in [5, 5.41) is 0. The molecule has 0 N–H and O–H groups in total. The van der Waals surface area contributed by atoms with Crippen molar-refractivity contribution >= 4 is 23.4 Å². The summed E-state index contributed by atoms with van der Waals surface area (Å²) >= 11 is 5.27. The second-order valence-corrected chi connectivity index (χ2v) is 8.33. The number of carbonyl (C=O) groups is 2. The minimum atomic E-state index is -0.352. The van der Waals surface area contributed by atoms with Gasteiger partial charge in [0.1, 0.15) is 5.78 Å². The van der Waals surface area contributed by atoms with E-state index in [1.54, 1.807) is 0 Å². The highest BCUT2D eigenvalue weighted by Crippen LogP contribution is 2.22. The third kappa shape index (κ3) is 12.7. The van der Waals surface area contributed by atoms with Crippen LogP contribution in [0.25, 0.3) is 0 Å². The van der Waals surface area contributed by atoms with E-state index in [9.17, 15) is 9.59 Å². The average Bonchev–Trinajstić information content (AvgIpc) is 3.37. The molecule has 2 saturated heterocycles. The number of ether oxygens (including phenoxy) is 3. The lowest BCUT2D eigenvalue weighted by atomic mass is 9.88. The summed E-state index contributed by atoms with van der Waals surface area (Å²) in [5.74, 6) is 0.838. The van der Waals surface area contributed by atoms with Gasteiger partial charge in [-0.15, -0.1) is 11.6 Å². The van der Waals surface area contributed by atoms with E-state index in [-0.39, 0.29) is 16.8 Å². The Labute approximate surface area is 151 Å². The fourth-order valence-electron chi connectivity index (χ4n) is 1.37. The topological polar surface area (TPSA) is 68.4 Å². The molecule has 0 aliphatic carbocycles.